The molecule has 1 fully saturated rings. The number of para-hydroxylation sites is 1. The number of rotatable bonds is 6. The molecule has 0 bridgehead atoms. The Balaban J connectivity index is 2.12. The Morgan fingerprint density at radius 3 is 2.56 bits per heavy atom. The SMILES string of the molecule is CCC(NC(C)C1(C)CC1)c1ccccc1OC. The van der Waals surface area contributed by atoms with Gasteiger partial charge in [-0.15, -0.1) is 0 Å². The molecule has 18 heavy (non-hydrogen) atoms. The lowest BCUT2D eigenvalue weighted by Gasteiger charge is -2.28. The Morgan fingerprint density at radius 2 is 2.00 bits per heavy atom. The second-order valence-corrected chi connectivity index (χ2v) is 5.75. The Bertz CT molecular complexity index is 398. The van der Waals surface area contributed by atoms with E-state index in [1.165, 1.54) is 18.4 Å². The molecule has 2 nitrogen and oxygen atoms in total. The quantitative estimate of drug-likeness (QED) is 0.822. The lowest BCUT2D eigenvalue weighted by Crippen LogP contribution is -2.36. The Labute approximate surface area is 111 Å². The first-order valence-electron chi connectivity index (χ1n) is 6.99. The van der Waals surface area contributed by atoms with Crippen molar-refractivity contribution < 1.29 is 4.74 Å². The zero-order valence-electron chi connectivity index (χ0n) is 12.0. The van der Waals surface area contributed by atoms with Gasteiger partial charge in [-0.3, -0.25) is 0 Å². The van der Waals surface area contributed by atoms with Gasteiger partial charge in [0.05, 0.1) is 7.11 Å². The van der Waals surface area contributed by atoms with Gasteiger partial charge in [0.1, 0.15) is 5.75 Å². The summed E-state index contributed by atoms with van der Waals surface area (Å²) in [5, 5.41) is 3.78. The minimum atomic E-state index is 0.383. The highest BCUT2D eigenvalue weighted by Gasteiger charge is 2.43. The molecule has 0 amide bonds. The first-order chi connectivity index (χ1) is 8.60. The summed E-state index contributed by atoms with van der Waals surface area (Å²) in [6.45, 7) is 6.91. The van der Waals surface area contributed by atoms with Crippen LogP contribution in [0.5, 0.6) is 5.75 Å². The molecule has 1 saturated carbocycles. The highest BCUT2D eigenvalue weighted by molar-refractivity contribution is 5.36. The molecule has 0 aromatic heterocycles. The van der Waals surface area contributed by atoms with E-state index in [0.29, 0.717) is 17.5 Å². The lowest BCUT2D eigenvalue weighted by atomic mass is 9.96. The first-order valence-corrected chi connectivity index (χ1v) is 6.99. The van der Waals surface area contributed by atoms with Gasteiger partial charge in [0.25, 0.3) is 0 Å². The van der Waals surface area contributed by atoms with Crippen molar-refractivity contribution in [1.82, 2.24) is 5.32 Å². The van der Waals surface area contributed by atoms with Gasteiger partial charge in [0.15, 0.2) is 0 Å². The molecular weight excluding hydrogens is 222 g/mol. The van der Waals surface area contributed by atoms with Crippen LogP contribution >= 0.6 is 0 Å². The van der Waals surface area contributed by atoms with Gasteiger partial charge in [-0.2, -0.15) is 0 Å². The highest BCUT2D eigenvalue weighted by atomic mass is 16.5. The van der Waals surface area contributed by atoms with Gasteiger partial charge >= 0.3 is 0 Å². The fraction of sp³-hybridized carbons (Fsp3) is 0.625. The summed E-state index contributed by atoms with van der Waals surface area (Å²) >= 11 is 0. The van der Waals surface area contributed by atoms with Crippen LogP contribution in [0.2, 0.25) is 0 Å². The van der Waals surface area contributed by atoms with Crippen LogP contribution in [-0.2, 0) is 0 Å². The summed E-state index contributed by atoms with van der Waals surface area (Å²) in [7, 11) is 1.75. The maximum atomic E-state index is 5.47. The molecule has 0 radical (unpaired) electrons. The summed E-state index contributed by atoms with van der Waals surface area (Å²) in [4.78, 5) is 0. The maximum Gasteiger partial charge on any atom is 0.123 e. The highest BCUT2D eigenvalue weighted by Crippen LogP contribution is 2.48. The predicted molar refractivity (Wildman–Crippen MR) is 76.0 cm³/mol. The van der Waals surface area contributed by atoms with E-state index >= 15 is 0 Å². The average Bonchev–Trinajstić information content (AvgIpc) is 3.15. The summed E-state index contributed by atoms with van der Waals surface area (Å²) < 4.78 is 5.47. The monoisotopic (exact) mass is 247 g/mol. The fourth-order valence-corrected chi connectivity index (χ4v) is 2.51. The Morgan fingerprint density at radius 1 is 1.33 bits per heavy atom. The van der Waals surface area contributed by atoms with E-state index in [1.54, 1.807) is 7.11 Å². The summed E-state index contributed by atoms with van der Waals surface area (Å²) in [5.74, 6) is 0.991. The van der Waals surface area contributed by atoms with Crippen molar-refractivity contribution >= 4 is 0 Å². The van der Waals surface area contributed by atoms with Crippen molar-refractivity contribution in [2.45, 2.75) is 52.1 Å². The Kier molecular flexibility index (Phi) is 3.96. The molecule has 2 unspecified atom stereocenters. The number of methoxy groups -OCH3 is 1. The molecular formula is C16H25NO. The van der Waals surface area contributed by atoms with E-state index in [9.17, 15) is 0 Å². The van der Waals surface area contributed by atoms with Crippen molar-refractivity contribution in [3.63, 3.8) is 0 Å². The second kappa shape index (κ2) is 5.31. The molecule has 2 heteroatoms. The lowest BCUT2D eigenvalue weighted by molar-refractivity contribution is 0.327. The van der Waals surface area contributed by atoms with Crippen molar-refractivity contribution in [3.8, 4) is 5.75 Å². The number of nitrogens with one attached hydrogen (secondary N) is 1. The van der Waals surface area contributed by atoms with Gasteiger partial charge < -0.3 is 10.1 Å². The van der Waals surface area contributed by atoms with E-state index < -0.39 is 0 Å². The number of ether oxygens (including phenoxy) is 1. The van der Waals surface area contributed by atoms with E-state index in [0.717, 1.165) is 12.2 Å². The molecule has 0 aliphatic heterocycles. The zero-order valence-corrected chi connectivity index (χ0v) is 12.0. The van der Waals surface area contributed by atoms with Crippen LogP contribution in [0.1, 0.15) is 51.6 Å². The normalized spacial score (nSPS) is 20.2. The zero-order chi connectivity index (χ0) is 13.2. The van der Waals surface area contributed by atoms with Gasteiger partial charge in [0, 0.05) is 17.6 Å². The standard InChI is InChI=1S/C16H25NO/c1-5-14(17-12(2)16(3)10-11-16)13-8-6-7-9-15(13)18-4/h6-9,12,14,17H,5,10-11H2,1-4H3. The molecule has 0 saturated heterocycles. The van der Waals surface area contributed by atoms with Gasteiger partial charge in [-0.25, -0.2) is 0 Å². The minimum Gasteiger partial charge on any atom is -0.496 e. The number of hydrogen-bond acceptors (Lipinski definition) is 2. The smallest absolute Gasteiger partial charge is 0.123 e. The molecule has 1 aliphatic rings. The van der Waals surface area contributed by atoms with Gasteiger partial charge in [0.2, 0.25) is 0 Å². The minimum absolute atomic E-state index is 0.383. The van der Waals surface area contributed by atoms with Crippen LogP contribution in [-0.4, -0.2) is 13.2 Å². The van der Waals surface area contributed by atoms with Crippen LogP contribution in [0.25, 0.3) is 0 Å². The third-order valence-electron chi connectivity index (χ3n) is 4.46. The van der Waals surface area contributed by atoms with E-state index in [2.05, 4.69) is 38.2 Å². The van der Waals surface area contributed by atoms with Crippen LogP contribution < -0.4 is 10.1 Å². The van der Waals surface area contributed by atoms with Crippen LogP contribution in [0, 0.1) is 5.41 Å². The van der Waals surface area contributed by atoms with E-state index in [4.69, 9.17) is 4.74 Å². The maximum absolute atomic E-state index is 5.47. The Hall–Kier alpha value is -1.02. The molecule has 0 heterocycles. The fourth-order valence-electron chi connectivity index (χ4n) is 2.51. The van der Waals surface area contributed by atoms with E-state index in [1.807, 2.05) is 12.1 Å². The van der Waals surface area contributed by atoms with Gasteiger partial charge in [-0.1, -0.05) is 32.0 Å². The molecule has 2 rings (SSSR count). The van der Waals surface area contributed by atoms with Crippen molar-refractivity contribution in [2.75, 3.05) is 7.11 Å². The van der Waals surface area contributed by atoms with Crippen molar-refractivity contribution in [3.05, 3.63) is 29.8 Å². The third-order valence-corrected chi connectivity index (χ3v) is 4.46. The molecule has 0 spiro atoms. The summed E-state index contributed by atoms with van der Waals surface area (Å²) in [6.07, 6.45) is 3.79. The van der Waals surface area contributed by atoms with Crippen LogP contribution in [0.15, 0.2) is 24.3 Å². The van der Waals surface area contributed by atoms with Crippen molar-refractivity contribution in [1.29, 1.82) is 0 Å². The first kappa shape index (κ1) is 13.4. The average molecular weight is 247 g/mol. The summed E-state index contributed by atoms with van der Waals surface area (Å²) in [5.41, 5.74) is 1.79. The largest absolute Gasteiger partial charge is 0.496 e. The topological polar surface area (TPSA) is 21.3 Å². The van der Waals surface area contributed by atoms with Crippen LogP contribution in [0.4, 0.5) is 0 Å². The molecule has 1 aromatic carbocycles. The van der Waals surface area contributed by atoms with E-state index in [-0.39, 0.29) is 0 Å². The van der Waals surface area contributed by atoms with Gasteiger partial charge in [-0.05, 0) is 37.7 Å². The second-order valence-electron chi connectivity index (χ2n) is 5.75. The van der Waals surface area contributed by atoms with Crippen LogP contribution in [0.3, 0.4) is 0 Å². The molecule has 100 valence electrons. The summed E-state index contributed by atoms with van der Waals surface area (Å²) in [6, 6.07) is 9.28. The predicted octanol–water partition coefficient (Wildman–Crippen LogP) is 3.92. The molecule has 1 aromatic rings. The molecule has 1 aliphatic carbocycles. The number of hydrogen-bond donors (Lipinski definition) is 1. The number of benzene rings is 1. The third kappa shape index (κ3) is 2.69. The van der Waals surface area contributed by atoms with Crippen molar-refractivity contribution in [2.24, 2.45) is 5.41 Å². The molecule has 1 N–H and O–H groups in total. The molecule has 2 atom stereocenters.